The summed E-state index contributed by atoms with van der Waals surface area (Å²) < 4.78 is 5.76. The van der Waals surface area contributed by atoms with E-state index in [0.717, 1.165) is 23.3 Å². The lowest BCUT2D eigenvalue weighted by Crippen LogP contribution is -2.45. The van der Waals surface area contributed by atoms with Crippen molar-refractivity contribution in [3.8, 4) is 0 Å². The molecular weight excluding hydrogens is 346 g/mol. The van der Waals surface area contributed by atoms with Crippen LogP contribution in [0, 0.1) is 0 Å². The Hall–Kier alpha value is -2.41. The van der Waals surface area contributed by atoms with Crippen LogP contribution >= 0.6 is 0 Å². The summed E-state index contributed by atoms with van der Waals surface area (Å²) in [5.41, 5.74) is 0.347. The maximum absolute atomic E-state index is 12.5. The van der Waals surface area contributed by atoms with E-state index >= 15 is 0 Å². The van der Waals surface area contributed by atoms with Crippen molar-refractivity contribution in [2.75, 3.05) is 19.7 Å². The zero-order chi connectivity index (χ0) is 19.3. The number of nitrogens with zero attached hydrogens (tertiary/aromatic N) is 1. The Labute approximate surface area is 159 Å². The van der Waals surface area contributed by atoms with Crippen LogP contribution in [0.25, 0.3) is 0 Å². The predicted octanol–water partition coefficient (Wildman–Crippen LogP) is 2.14. The molecule has 0 aromatic heterocycles. The average molecular weight is 373 g/mol. The molecule has 7 nitrogen and oxygen atoms in total. The zero-order valence-electron chi connectivity index (χ0n) is 15.7. The first-order chi connectivity index (χ1) is 13.0. The highest BCUT2D eigenvalue weighted by Crippen LogP contribution is 2.34. The Morgan fingerprint density at radius 3 is 2.67 bits per heavy atom. The SMILES string of the molecule is C[C@H](OCCCNC(=O)CN1C(=O)NC2(CCCC2)C1=O)c1ccccc1. The fourth-order valence-corrected chi connectivity index (χ4v) is 3.72. The topological polar surface area (TPSA) is 87.7 Å². The Balaban J connectivity index is 1.35. The van der Waals surface area contributed by atoms with E-state index in [1.807, 2.05) is 37.3 Å². The maximum atomic E-state index is 12.5. The van der Waals surface area contributed by atoms with Crippen molar-refractivity contribution < 1.29 is 19.1 Å². The van der Waals surface area contributed by atoms with E-state index in [0.29, 0.717) is 32.4 Å². The first kappa shape index (κ1) is 19.4. The standard InChI is InChI=1S/C20H27N3O4/c1-15(16-8-3-2-4-9-16)27-13-7-12-21-17(24)14-23-18(25)20(22-19(23)26)10-5-6-11-20/h2-4,8-9,15H,5-7,10-14H2,1H3,(H,21,24)(H,22,26)/t15-/m0/s1. The van der Waals surface area contributed by atoms with Crippen LogP contribution in [0.1, 0.15) is 50.7 Å². The van der Waals surface area contributed by atoms with Crippen molar-refractivity contribution in [2.24, 2.45) is 0 Å². The summed E-state index contributed by atoms with van der Waals surface area (Å²) in [6, 6.07) is 9.48. The van der Waals surface area contributed by atoms with E-state index < -0.39 is 11.6 Å². The van der Waals surface area contributed by atoms with Crippen molar-refractivity contribution >= 4 is 17.8 Å². The highest BCUT2D eigenvalue weighted by atomic mass is 16.5. The fourth-order valence-electron chi connectivity index (χ4n) is 3.72. The Bertz CT molecular complexity index is 686. The molecule has 1 heterocycles. The van der Waals surface area contributed by atoms with Crippen LogP contribution in [0.4, 0.5) is 4.79 Å². The summed E-state index contributed by atoms with van der Waals surface area (Å²) >= 11 is 0. The molecule has 4 amide bonds. The molecule has 0 bridgehead atoms. The van der Waals surface area contributed by atoms with Crippen molar-refractivity contribution in [3.63, 3.8) is 0 Å². The second-order valence-electron chi connectivity index (χ2n) is 7.24. The van der Waals surface area contributed by atoms with Crippen LogP contribution in [-0.4, -0.2) is 48.0 Å². The largest absolute Gasteiger partial charge is 0.374 e. The quantitative estimate of drug-likeness (QED) is 0.540. The van der Waals surface area contributed by atoms with Crippen molar-refractivity contribution in [2.45, 2.75) is 50.7 Å². The molecule has 1 aliphatic carbocycles. The molecule has 0 radical (unpaired) electrons. The van der Waals surface area contributed by atoms with E-state index in [-0.39, 0.29) is 24.5 Å². The van der Waals surface area contributed by atoms with Crippen molar-refractivity contribution in [3.05, 3.63) is 35.9 Å². The minimum absolute atomic E-state index is 0.00424. The number of carbonyl (C=O) groups excluding carboxylic acids is 3. The monoisotopic (exact) mass is 373 g/mol. The molecule has 7 heteroatoms. The van der Waals surface area contributed by atoms with Crippen LogP contribution in [0.15, 0.2) is 30.3 Å². The van der Waals surface area contributed by atoms with E-state index in [4.69, 9.17) is 4.74 Å². The second-order valence-corrected chi connectivity index (χ2v) is 7.24. The van der Waals surface area contributed by atoms with Gasteiger partial charge in [-0.2, -0.15) is 0 Å². The number of rotatable bonds is 8. The van der Waals surface area contributed by atoms with E-state index in [2.05, 4.69) is 10.6 Å². The van der Waals surface area contributed by atoms with Gasteiger partial charge in [0.1, 0.15) is 12.1 Å². The van der Waals surface area contributed by atoms with E-state index in [9.17, 15) is 14.4 Å². The lowest BCUT2D eigenvalue weighted by molar-refractivity contribution is -0.134. The fraction of sp³-hybridized carbons (Fsp3) is 0.550. The molecule has 2 N–H and O–H groups in total. The molecule has 2 aliphatic rings. The van der Waals surface area contributed by atoms with Gasteiger partial charge in [0.2, 0.25) is 5.91 Å². The Morgan fingerprint density at radius 1 is 1.26 bits per heavy atom. The zero-order valence-corrected chi connectivity index (χ0v) is 15.7. The number of hydrogen-bond donors (Lipinski definition) is 2. The van der Waals surface area contributed by atoms with Gasteiger partial charge in [0, 0.05) is 13.2 Å². The summed E-state index contributed by atoms with van der Waals surface area (Å²) in [5, 5.41) is 5.53. The number of carbonyl (C=O) groups is 3. The summed E-state index contributed by atoms with van der Waals surface area (Å²) in [6.45, 7) is 2.72. The van der Waals surface area contributed by atoms with Gasteiger partial charge in [-0.1, -0.05) is 43.2 Å². The predicted molar refractivity (Wildman–Crippen MR) is 99.9 cm³/mol. The lowest BCUT2D eigenvalue weighted by Gasteiger charge is -2.19. The third-order valence-electron chi connectivity index (χ3n) is 5.28. The number of urea groups is 1. The number of hydrogen-bond acceptors (Lipinski definition) is 4. The average Bonchev–Trinajstić information content (AvgIpc) is 3.23. The van der Waals surface area contributed by atoms with Gasteiger partial charge in [0.25, 0.3) is 5.91 Å². The number of benzene rings is 1. The van der Waals surface area contributed by atoms with E-state index in [1.54, 1.807) is 0 Å². The molecule has 1 saturated carbocycles. The van der Waals surface area contributed by atoms with Crippen LogP contribution in [0.2, 0.25) is 0 Å². The summed E-state index contributed by atoms with van der Waals surface area (Å²) in [6.07, 6.45) is 3.82. The smallest absolute Gasteiger partial charge is 0.325 e. The van der Waals surface area contributed by atoms with Gasteiger partial charge in [-0.25, -0.2) is 4.79 Å². The highest BCUT2D eigenvalue weighted by Gasteiger charge is 2.52. The molecule has 3 rings (SSSR count). The van der Waals surface area contributed by atoms with Crippen LogP contribution < -0.4 is 10.6 Å². The first-order valence-corrected chi connectivity index (χ1v) is 9.59. The van der Waals surface area contributed by atoms with Crippen LogP contribution in [0.3, 0.4) is 0 Å². The van der Waals surface area contributed by atoms with Gasteiger partial charge in [-0.15, -0.1) is 0 Å². The van der Waals surface area contributed by atoms with Gasteiger partial charge in [0.15, 0.2) is 0 Å². The van der Waals surface area contributed by atoms with Gasteiger partial charge < -0.3 is 15.4 Å². The Morgan fingerprint density at radius 2 is 1.96 bits per heavy atom. The molecule has 2 fully saturated rings. The molecule has 146 valence electrons. The molecule has 1 atom stereocenters. The third kappa shape index (κ3) is 4.47. The van der Waals surface area contributed by atoms with Crippen molar-refractivity contribution in [1.82, 2.24) is 15.5 Å². The second kappa shape index (κ2) is 8.52. The molecule has 27 heavy (non-hydrogen) atoms. The van der Waals surface area contributed by atoms with Gasteiger partial charge >= 0.3 is 6.03 Å². The molecule has 1 aliphatic heterocycles. The summed E-state index contributed by atoms with van der Waals surface area (Å²) in [7, 11) is 0. The first-order valence-electron chi connectivity index (χ1n) is 9.59. The Kier molecular flexibility index (Phi) is 6.11. The van der Waals surface area contributed by atoms with Crippen LogP contribution in [0.5, 0.6) is 0 Å². The normalized spacial score (nSPS) is 19.4. The third-order valence-corrected chi connectivity index (χ3v) is 5.28. The minimum atomic E-state index is -0.765. The number of amides is 4. The van der Waals surface area contributed by atoms with E-state index in [1.165, 1.54) is 0 Å². The van der Waals surface area contributed by atoms with Crippen molar-refractivity contribution in [1.29, 1.82) is 0 Å². The lowest BCUT2D eigenvalue weighted by atomic mass is 9.98. The molecular formula is C20H27N3O4. The molecule has 1 spiro atoms. The highest BCUT2D eigenvalue weighted by molar-refractivity contribution is 6.09. The molecule has 1 saturated heterocycles. The number of nitrogens with one attached hydrogen (secondary N) is 2. The van der Waals surface area contributed by atoms with Gasteiger partial charge in [-0.3, -0.25) is 14.5 Å². The van der Waals surface area contributed by atoms with Gasteiger partial charge in [-0.05, 0) is 31.7 Å². The summed E-state index contributed by atoms with van der Waals surface area (Å²) in [4.78, 5) is 37.7. The maximum Gasteiger partial charge on any atom is 0.325 e. The summed E-state index contributed by atoms with van der Waals surface area (Å²) in [5.74, 6) is -0.593. The minimum Gasteiger partial charge on any atom is -0.374 e. The van der Waals surface area contributed by atoms with Gasteiger partial charge in [0.05, 0.1) is 6.10 Å². The number of imide groups is 1. The molecule has 1 aromatic carbocycles. The molecule has 1 aromatic rings. The van der Waals surface area contributed by atoms with Crippen LogP contribution in [-0.2, 0) is 14.3 Å². The molecule has 0 unspecified atom stereocenters. The number of ether oxygens (including phenoxy) is 1.